The number of halogens is 1. The SMILES string of the molecule is CC(C)N(Cc1ccccc1)c1cccc(Cl)c1CNC(C)(C)C. The van der Waals surface area contributed by atoms with Gasteiger partial charge in [0.15, 0.2) is 0 Å². The van der Waals surface area contributed by atoms with Gasteiger partial charge in [-0.3, -0.25) is 0 Å². The summed E-state index contributed by atoms with van der Waals surface area (Å²) in [6.45, 7) is 12.6. The van der Waals surface area contributed by atoms with Crippen molar-refractivity contribution in [1.29, 1.82) is 0 Å². The van der Waals surface area contributed by atoms with Crippen LogP contribution in [0.25, 0.3) is 0 Å². The molecule has 0 aromatic heterocycles. The lowest BCUT2D eigenvalue weighted by molar-refractivity contribution is 0.424. The molecule has 0 saturated heterocycles. The Hall–Kier alpha value is -1.51. The van der Waals surface area contributed by atoms with Gasteiger partial charge in [0.05, 0.1) is 0 Å². The summed E-state index contributed by atoms with van der Waals surface area (Å²) in [4.78, 5) is 2.42. The number of benzene rings is 2. The molecule has 2 rings (SSSR count). The van der Waals surface area contributed by atoms with E-state index in [0.717, 1.165) is 18.1 Å². The molecule has 0 bridgehead atoms. The predicted molar refractivity (Wildman–Crippen MR) is 106 cm³/mol. The van der Waals surface area contributed by atoms with Crippen LogP contribution < -0.4 is 10.2 Å². The Morgan fingerprint density at radius 2 is 1.67 bits per heavy atom. The van der Waals surface area contributed by atoms with Crippen LogP contribution in [0.3, 0.4) is 0 Å². The van der Waals surface area contributed by atoms with Crippen LogP contribution in [0, 0.1) is 0 Å². The van der Waals surface area contributed by atoms with Gasteiger partial charge in [0.25, 0.3) is 0 Å². The summed E-state index contributed by atoms with van der Waals surface area (Å²) >= 11 is 6.54. The van der Waals surface area contributed by atoms with Gasteiger partial charge in [-0.1, -0.05) is 48.0 Å². The first kappa shape index (κ1) is 18.8. The number of rotatable bonds is 6. The molecule has 0 spiro atoms. The van der Waals surface area contributed by atoms with Gasteiger partial charge < -0.3 is 10.2 Å². The summed E-state index contributed by atoms with van der Waals surface area (Å²) in [6.07, 6.45) is 0. The van der Waals surface area contributed by atoms with Gasteiger partial charge in [-0.25, -0.2) is 0 Å². The maximum absolute atomic E-state index is 6.54. The molecule has 0 radical (unpaired) electrons. The molecule has 0 amide bonds. The highest BCUT2D eigenvalue weighted by Crippen LogP contribution is 2.30. The topological polar surface area (TPSA) is 15.3 Å². The van der Waals surface area contributed by atoms with Crippen molar-refractivity contribution in [3.63, 3.8) is 0 Å². The zero-order valence-corrected chi connectivity index (χ0v) is 16.2. The molecule has 24 heavy (non-hydrogen) atoms. The molecule has 0 fully saturated rings. The first-order chi connectivity index (χ1) is 11.3. The van der Waals surface area contributed by atoms with Crippen LogP contribution in [0.2, 0.25) is 5.02 Å². The smallest absolute Gasteiger partial charge is 0.0471 e. The minimum atomic E-state index is 0.0541. The number of hydrogen-bond acceptors (Lipinski definition) is 2. The van der Waals surface area contributed by atoms with Crippen molar-refractivity contribution in [2.24, 2.45) is 0 Å². The molecular formula is C21H29ClN2. The lowest BCUT2D eigenvalue weighted by Crippen LogP contribution is -2.36. The first-order valence-corrected chi connectivity index (χ1v) is 8.99. The second-order valence-corrected chi connectivity index (χ2v) is 7.96. The van der Waals surface area contributed by atoms with Gasteiger partial charge in [0.2, 0.25) is 0 Å². The van der Waals surface area contributed by atoms with Gasteiger partial charge in [-0.2, -0.15) is 0 Å². The Bertz CT molecular complexity index is 645. The van der Waals surface area contributed by atoms with Crippen molar-refractivity contribution in [3.8, 4) is 0 Å². The molecule has 0 saturated carbocycles. The van der Waals surface area contributed by atoms with E-state index >= 15 is 0 Å². The molecular weight excluding hydrogens is 316 g/mol. The predicted octanol–water partition coefficient (Wildman–Crippen LogP) is 5.64. The summed E-state index contributed by atoms with van der Waals surface area (Å²) in [5.74, 6) is 0. The number of nitrogens with one attached hydrogen (secondary N) is 1. The van der Waals surface area contributed by atoms with E-state index in [9.17, 15) is 0 Å². The Labute approximate surface area is 151 Å². The molecule has 0 aliphatic heterocycles. The summed E-state index contributed by atoms with van der Waals surface area (Å²) in [7, 11) is 0. The first-order valence-electron chi connectivity index (χ1n) is 8.61. The van der Waals surface area contributed by atoms with E-state index in [1.807, 2.05) is 12.1 Å². The van der Waals surface area contributed by atoms with Crippen molar-refractivity contribution in [2.75, 3.05) is 4.90 Å². The average molecular weight is 345 g/mol. The van der Waals surface area contributed by atoms with Crippen LogP contribution in [0.1, 0.15) is 45.7 Å². The molecule has 0 atom stereocenters. The van der Waals surface area contributed by atoms with Crippen LogP contribution >= 0.6 is 11.6 Å². The van der Waals surface area contributed by atoms with Gasteiger partial charge in [0.1, 0.15) is 0 Å². The Morgan fingerprint density at radius 1 is 1.00 bits per heavy atom. The molecule has 3 heteroatoms. The lowest BCUT2D eigenvalue weighted by Gasteiger charge is -2.32. The molecule has 2 aromatic rings. The van der Waals surface area contributed by atoms with Gasteiger partial charge in [-0.05, 0) is 52.3 Å². The standard InChI is InChI=1S/C21H29ClN2/c1-16(2)24(15-17-10-7-6-8-11-17)20-13-9-12-19(22)18(20)14-23-21(3,4)5/h6-13,16,23H,14-15H2,1-5H3. The maximum atomic E-state index is 6.54. The highest BCUT2D eigenvalue weighted by atomic mass is 35.5. The van der Waals surface area contributed by atoms with E-state index in [1.165, 1.54) is 16.8 Å². The molecule has 2 nitrogen and oxygen atoms in total. The van der Waals surface area contributed by atoms with Crippen molar-refractivity contribution < 1.29 is 0 Å². The van der Waals surface area contributed by atoms with Gasteiger partial charge in [-0.15, -0.1) is 0 Å². The second kappa shape index (κ2) is 8.04. The van der Waals surface area contributed by atoms with Gasteiger partial charge >= 0.3 is 0 Å². The summed E-state index contributed by atoms with van der Waals surface area (Å²) in [5.41, 5.74) is 3.73. The number of anilines is 1. The zero-order chi connectivity index (χ0) is 17.7. The number of nitrogens with zero attached hydrogens (tertiary/aromatic N) is 1. The molecule has 0 unspecified atom stereocenters. The van der Waals surface area contributed by atoms with Crippen LogP contribution in [0.5, 0.6) is 0 Å². The summed E-state index contributed by atoms with van der Waals surface area (Å²) in [6, 6.07) is 17.2. The van der Waals surface area contributed by atoms with E-state index in [4.69, 9.17) is 11.6 Å². The van der Waals surface area contributed by atoms with Crippen LogP contribution in [0.15, 0.2) is 48.5 Å². The van der Waals surface area contributed by atoms with Crippen LogP contribution in [-0.2, 0) is 13.1 Å². The van der Waals surface area contributed by atoms with E-state index in [1.54, 1.807) is 0 Å². The van der Waals surface area contributed by atoms with E-state index < -0.39 is 0 Å². The molecule has 1 N–H and O–H groups in total. The van der Waals surface area contributed by atoms with Crippen LogP contribution in [0.4, 0.5) is 5.69 Å². The van der Waals surface area contributed by atoms with Crippen molar-refractivity contribution in [3.05, 3.63) is 64.7 Å². The van der Waals surface area contributed by atoms with E-state index in [0.29, 0.717) is 6.04 Å². The Kier molecular flexibility index (Phi) is 6.31. The molecule has 0 aliphatic carbocycles. The summed E-state index contributed by atoms with van der Waals surface area (Å²) in [5, 5.41) is 4.39. The second-order valence-electron chi connectivity index (χ2n) is 7.55. The Morgan fingerprint density at radius 3 is 2.25 bits per heavy atom. The van der Waals surface area contributed by atoms with Crippen LogP contribution in [-0.4, -0.2) is 11.6 Å². The fraction of sp³-hybridized carbons (Fsp3) is 0.429. The third kappa shape index (κ3) is 5.25. The highest BCUT2D eigenvalue weighted by molar-refractivity contribution is 6.31. The molecule has 0 heterocycles. The average Bonchev–Trinajstić information content (AvgIpc) is 2.51. The quantitative estimate of drug-likeness (QED) is 0.729. The molecule has 0 aliphatic rings. The van der Waals surface area contributed by atoms with Crippen molar-refractivity contribution in [2.45, 2.75) is 59.3 Å². The lowest BCUT2D eigenvalue weighted by atomic mass is 10.1. The zero-order valence-electron chi connectivity index (χ0n) is 15.4. The highest BCUT2D eigenvalue weighted by Gasteiger charge is 2.18. The maximum Gasteiger partial charge on any atom is 0.0471 e. The minimum absolute atomic E-state index is 0.0541. The molecule has 130 valence electrons. The number of hydrogen-bond donors (Lipinski definition) is 1. The normalized spacial score (nSPS) is 11.8. The van der Waals surface area contributed by atoms with E-state index in [2.05, 4.69) is 81.2 Å². The van der Waals surface area contributed by atoms with Crippen molar-refractivity contribution in [1.82, 2.24) is 5.32 Å². The van der Waals surface area contributed by atoms with Gasteiger partial charge in [0, 0.05) is 40.9 Å². The van der Waals surface area contributed by atoms with Crippen molar-refractivity contribution >= 4 is 17.3 Å². The molecule has 2 aromatic carbocycles. The van der Waals surface area contributed by atoms with E-state index in [-0.39, 0.29) is 5.54 Å². The third-order valence-electron chi connectivity index (χ3n) is 4.02. The largest absolute Gasteiger partial charge is 0.364 e. The Balaban J connectivity index is 2.34. The third-order valence-corrected chi connectivity index (χ3v) is 4.37. The monoisotopic (exact) mass is 344 g/mol. The minimum Gasteiger partial charge on any atom is -0.364 e. The summed E-state index contributed by atoms with van der Waals surface area (Å²) < 4.78 is 0. The fourth-order valence-corrected chi connectivity index (χ4v) is 2.91. The fourth-order valence-electron chi connectivity index (χ4n) is 2.67.